The van der Waals surface area contributed by atoms with Crippen LogP contribution in [0.2, 0.25) is 0 Å². The van der Waals surface area contributed by atoms with E-state index in [1.165, 1.54) is 25.4 Å². The number of primary amides is 1. The van der Waals surface area contributed by atoms with E-state index in [-0.39, 0.29) is 82.8 Å². The maximum absolute atomic E-state index is 14.2. The van der Waals surface area contributed by atoms with Crippen molar-refractivity contribution in [3.63, 3.8) is 0 Å². The first-order valence-corrected chi connectivity index (χ1v) is 26.8. The molecule has 16 N–H and O–H groups in total. The number of phenolic OH excluding ortho intramolecular Hbond substituents is 1. The number of hydrogen-bond donors (Lipinski definition) is 14. The van der Waals surface area contributed by atoms with E-state index in [9.17, 15) is 63.6 Å². The van der Waals surface area contributed by atoms with Gasteiger partial charge in [-0.1, -0.05) is 18.6 Å². The van der Waals surface area contributed by atoms with Gasteiger partial charge in [-0.2, -0.15) is 0 Å². The Hall–Kier alpha value is -6.78. The highest BCUT2D eigenvalue weighted by Gasteiger charge is 2.31. The molecular formula is C51H84N14O13. The number of aliphatic hydroxyl groups excluding tert-OH is 1. The second kappa shape index (κ2) is 37.1. The number of amides is 7. The number of rotatable bonds is 38. The summed E-state index contributed by atoms with van der Waals surface area (Å²) in [6.45, 7) is 5.56. The highest BCUT2D eigenvalue weighted by molar-refractivity contribution is 5.94. The SMILES string of the molecule is C[C@@H](NC(O)CCCCCN1CCN(CC(=O)O)CCN(CC(=O)O)CC1)C(=O)N[C@H](CCCCNC(=O)CNC(=O)CCC(=O)NCCc1cnc[nH]1)C(=O)N[C@H](Cc1ccc(O)cc1)C(=O)N[C@H](CCCCN)C(N)=O. The molecule has 78 heavy (non-hydrogen) atoms. The van der Waals surface area contributed by atoms with Gasteiger partial charge < -0.3 is 73.7 Å². The number of aliphatic carboxylic acids is 2. The Morgan fingerprint density at radius 3 is 1.81 bits per heavy atom. The topological polar surface area (TPSA) is 409 Å². The van der Waals surface area contributed by atoms with Crippen molar-refractivity contribution in [3.05, 3.63) is 48.0 Å². The van der Waals surface area contributed by atoms with E-state index in [2.05, 4.69) is 52.1 Å². The van der Waals surface area contributed by atoms with Crippen molar-refractivity contribution in [2.75, 3.05) is 85.1 Å². The van der Waals surface area contributed by atoms with Gasteiger partial charge >= 0.3 is 11.9 Å². The van der Waals surface area contributed by atoms with Crippen LogP contribution in [0.25, 0.3) is 0 Å². The van der Waals surface area contributed by atoms with E-state index in [0.29, 0.717) is 103 Å². The normalized spacial score (nSPS) is 15.4. The molecule has 27 heteroatoms. The number of benzene rings is 1. The molecule has 3 rings (SSSR count). The summed E-state index contributed by atoms with van der Waals surface area (Å²) in [6.07, 6.45) is 6.61. The fourth-order valence-corrected chi connectivity index (χ4v) is 8.47. The Bertz CT molecular complexity index is 2140. The molecule has 1 aromatic heterocycles. The number of carboxylic acid groups (broad SMARTS) is 2. The number of carbonyl (C=O) groups is 9. The number of aliphatic hydroxyl groups is 1. The van der Waals surface area contributed by atoms with Crippen LogP contribution in [0.3, 0.4) is 0 Å². The predicted octanol–water partition coefficient (Wildman–Crippen LogP) is -2.79. The summed E-state index contributed by atoms with van der Waals surface area (Å²) < 4.78 is 0. The summed E-state index contributed by atoms with van der Waals surface area (Å²) in [6, 6.07) is 1.37. The third kappa shape index (κ3) is 28.6. The van der Waals surface area contributed by atoms with Crippen LogP contribution in [0, 0.1) is 0 Å². The van der Waals surface area contributed by atoms with Crippen molar-refractivity contribution in [2.24, 2.45) is 11.5 Å². The molecule has 1 unspecified atom stereocenters. The molecule has 0 radical (unpaired) electrons. The molecule has 0 spiro atoms. The van der Waals surface area contributed by atoms with E-state index < -0.39 is 77.8 Å². The van der Waals surface area contributed by atoms with Gasteiger partial charge in [-0.15, -0.1) is 0 Å². The van der Waals surface area contributed by atoms with Gasteiger partial charge in [0.05, 0.1) is 32.0 Å². The molecule has 1 aliphatic rings. The summed E-state index contributed by atoms with van der Waals surface area (Å²) in [5.74, 6) is -6.12. The molecule has 2 aromatic rings. The quantitative estimate of drug-likeness (QED) is 0.0239. The lowest BCUT2D eigenvalue weighted by molar-refractivity contribution is -0.140. The Balaban J connectivity index is 1.60. The van der Waals surface area contributed by atoms with Gasteiger partial charge in [-0.25, -0.2) is 4.98 Å². The molecule has 1 saturated heterocycles. The minimum atomic E-state index is -1.28. The first-order valence-electron chi connectivity index (χ1n) is 26.8. The van der Waals surface area contributed by atoms with Crippen LogP contribution >= 0.6 is 0 Å². The van der Waals surface area contributed by atoms with Crippen molar-refractivity contribution < 1.29 is 63.6 Å². The summed E-state index contributed by atoms with van der Waals surface area (Å²) >= 11 is 0. The zero-order valence-electron chi connectivity index (χ0n) is 44.8. The maximum atomic E-state index is 14.2. The fourth-order valence-electron chi connectivity index (χ4n) is 8.47. The Kier molecular flexibility index (Phi) is 31.2. The predicted molar refractivity (Wildman–Crippen MR) is 286 cm³/mol. The molecule has 2 heterocycles. The Labute approximate surface area is 455 Å². The van der Waals surface area contributed by atoms with Crippen LogP contribution in [0.1, 0.15) is 95.2 Å². The van der Waals surface area contributed by atoms with E-state index in [4.69, 9.17) is 11.5 Å². The average molecular weight is 1100 g/mol. The molecule has 1 aliphatic heterocycles. The number of H-pyrrole nitrogens is 1. The number of aromatic nitrogens is 2. The summed E-state index contributed by atoms with van der Waals surface area (Å²) in [5.41, 5.74) is 12.7. The van der Waals surface area contributed by atoms with Gasteiger partial charge in [0.25, 0.3) is 0 Å². The number of unbranched alkanes of at least 4 members (excludes halogenated alkanes) is 4. The van der Waals surface area contributed by atoms with Crippen LogP contribution in [0.15, 0.2) is 36.8 Å². The summed E-state index contributed by atoms with van der Waals surface area (Å²) in [4.78, 5) is 127. The van der Waals surface area contributed by atoms with Gasteiger partial charge in [-0.05, 0) is 95.5 Å². The monoisotopic (exact) mass is 1100 g/mol. The standard InChI is InChI=1S/C51H84N14O13/c1-35(59-44(69)11-3-2-8-22-63-23-25-64(32-46(71)72)27-28-65(26-24-63)33-47(73)74)49(76)61-40(10-5-7-20-55-45(70)31-57-43(68)17-16-42(67)56-21-18-37-30-54-34-58-37)50(77)62-41(29-36-12-14-38(66)15-13-36)51(78)60-39(48(53)75)9-4-6-19-52/h12-15,30,34-35,39-41,44,59,66,69H,2-11,16-29,31-33,52H2,1H3,(H2,53,75)(H,54,58)(H,55,70)(H,56,67)(H,57,68)(H,60,78)(H,61,76)(H,62,77)(H,71,72)(H,73,74)/t35-,39-,40-,41-,44?/m1/s1. The molecular weight excluding hydrogens is 1020 g/mol. The molecule has 0 bridgehead atoms. The van der Waals surface area contributed by atoms with Crippen molar-refractivity contribution in [2.45, 2.75) is 127 Å². The van der Waals surface area contributed by atoms with Crippen LogP contribution in [0.5, 0.6) is 5.75 Å². The van der Waals surface area contributed by atoms with Crippen LogP contribution in [-0.4, -0.2) is 214 Å². The number of imidazole rings is 1. The summed E-state index contributed by atoms with van der Waals surface area (Å²) in [5, 5.41) is 58.4. The van der Waals surface area contributed by atoms with Crippen LogP contribution in [0.4, 0.5) is 0 Å². The highest BCUT2D eigenvalue weighted by atomic mass is 16.4. The lowest BCUT2D eigenvalue weighted by Gasteiger charge is -2.26. The zero-order chi connectivity index (χ0) is 57.2. The van der Waals surface area contributed by atoms with Crippen molar-refractivity contribution in [1.82, 2.24) is 61.9 Å². The average Bonchev–Trinajstić information content (AvgIpc) is 3.94. The molecule has 436 valence electrons. The van der Waals surface area contributed by atoms with Crippen molar-refractivity contribution in [3.8, 4) is 5.75 Å². The largest absolute Gasteiger partial charge is 0.508 e. The first-order chi connectivity index (χ1) is 37.3. The van der Waals surface area contributed by atoms with Gasteiger partial charge in [0.15, 0.2) is 0 Å². The molecule has 27 nitrogen and oxygen atoms in total. The van der Waals surface area contributed by atoms with Gasteiger partial charge in [0.2, 0.25) is 41.4 Å². The number of carbonyl (C=O) groups excluding carboxylic acids is 7. The molecule has 0 saturated carbocycles. The van der Waals surface area contributed by atoms with Crippen LogP contribution in [-0.2, 0) is 56.0 Å². The minimum Gasteiger partial charge on any atom is -0.508 e. The number of hydrogen-bond acceptors (Lipinski definition) is 17. The second-order valence-corrected chi connectivity index (χ2v) is 19.5. The number of nitrogens with two attached hydrogens (primary N) is 2. The Morgan fingerprint density at radius 2 is 1.21 bits per heavy atom. The lowest BCUT2D eigenvalue weighted by atomic mass is 10.0. The number of aromatic amines is 1. The maximum Gasteiger partial charge on any atom is 0.317 e. The van der Waals surface area contributed by atoms with E-state index in [1.54, 1.807) is 28.1 Å². The van der Waals surface area contributed by atoms with Crippen LogP contribution < -0.4 is 48.7 Å². The van der Waals surface area contributed by atoms with Crippen molar-refractivity contribution in [1.29, 1.82) is 0 Å². The number of nitrogens with one attached hydrogen (secondary N) is 8. The lowest BCUT2D eigenvalue weighted by Crippen LogP contribution is -2.58. The third-order valence-corrected chi connectivity index (χ3v) is 13.0. The van der Waals surface area contributed by atoms with E-state index >= 15 is 0 Å². The molecule has 0 aliphatic carbocycles. The molecule has 1 aromatic carbocycles. The van der Waals surface area contributed by atoms with Gasteiger partial charge in [0.1, 0.15) is 30.1 Å². The van der Waals surface area contributed by atoms with Gasteiger partial charge in [-0.3, -0.25) is 58.3 Å². The second-order valence-electron chi connectivity index (χ2n) is 19.5. The third-order valence-electron chi connectivity index (χ3n) is 13.0. The fraction of sp³-hybridized carbons (Fsp3) is 0.647. The number of carboxylic acids is 2. The first kappa shape index (κ1) is 65.5. The zero-order valence-corrected chi connectivity index (χ0v) is 44.8. The molecule has 1 fully saturated rings. The number of aromatic hydroxyl groups is 1. The van der Waals surface area contributed by atoms with E-state index in [0.717, 1.165) is 12.1 Å². The smallest absolute Gasteiger partial charge is 0.317 e. The van der Waals surface area contributed by atoms with Crippen molar-refractivity contribution >= 4 is 53.3 Å². The van der Waals surface area contributed by atoms with Gasteiger partial charge in [0, 0.05) is 89.9 Å². The summed E-state index contributed by atoms with van der Waals surface area (Å²) in [7, 11) is 0. The molecule has 5 atom stereocenters. The minimum absolute atomic E-state index is 0.0274. The number of nitrogens with zero attached hydrogens (tertiary/aromatic N) is 4. The van der Waals surface area contributed by atoms with E-state index in [1.807, 2.05) is 0 Å². The molecule has 7 amide bonds. The highest BCUT2D eigenvalue weighted by Crippen LogP contribution is 2.14. The Morgan fingerprint density at radius 1 is 0.654 bits per heavy atom. The number of phenols is 1.